The van der Waals surface area contributed by atoms with Gasteiger partial charge in [-0.15, -0.1) is 0 Å². The Labute approximate surface area is 73.9 Å². The summed E-state index contributed by atoms with van der Waals surface area (Å²) in [5.74, 6) is 0.0499. The molecule has 0 amide bonds. The average molecular weight is 187 g/mol. The van der Waals surface area contributed by atoms with E-state index >= 15 is 0 Å². The second kappa shape index (κ2) is 2.55. The summed E-state index contributed by atoms with van der Waals surface area (Å²) in [7, 11) is -1.13. The van der Waals surface area contributed by atoms with Gasteiger partial charge in [-0.3, -0.25) is 0 Å². The van der Waals surface area contributed by atoms with Crippen LogP contribution in [-0.2, 0) is 16.7 Å². The molecule has 0 saturated carbocycles. The summed E-state index contributed by atoms with van der Waals surface area (Å²) in [5.41, 5.74) is 1.82. The van der Waals surface area contributed by atoms with E-state index in [4.69, 9.17) is 0 Å². The minimum atomic E-state index is -1.13. The van der Waals surface area contributed by atoms with E-state index in [0.29, 0.717) is 16.8 Å². The van der Waals surface area contributed by atoms with Gasteiger partial charge in [0.15, 0.2) is 0 Å². The molecule has 1 aromatic rings. The van der Waals surface area contributed by atoms with Gasteiger partial charge >= 0.3 is 0 Å². The lowest BCUT2D eigenvalue weighted by Crippen LogP contribution is -1.94. The lowest BCUT2D eigenvalue weighted by atomic mass is 10.1. The van der Waals surface area contributed by atoms with Crippen LogP contribution in [-0.4, -0.2) is 4.21 Å². The fourth-order valence-electron chi connectivity index (χ4n) is 1.26. The fraction of sp³-hybridized carbons (Fsp3) is 0.250. The van der Waals surface area contributed by atoms with Crippen molar-refractivity contribution in [2.24, 2.45) is 0 Å². The number of hydrogen-bond donors (Lipinski definition) is 1. The van der Waals surface area contributed by atoms with Crippen molar-refractivity contribution in [3.63, 3.8) is 0 Å². The average Bonchev–Trinajstić information content (AvgIpc) is 2.39. The number of halogens is 1. The molecular formula is C8H10FNOS. The molecule has 1 unspecified atom stereocenters. The Hall–Kier alpha value is -0.900. The number of rotatable bonds is 0. The highest BCUT2D eigenvalue weighted by molar-refractivity contribution is 7.86. The number of aryl methyl sites for hydroxylation is 1. The van der Waals surface area contributed by atoms with Crippen molar-refractivity contribution < 1.29 is 10.0 Å². The van der Waals surface area contributed by atoms with Crippen LogP contribution in [0.4, 0.5) is 10.1 Å². The van der Waals surface area contributed by atoms with Crippen molar-refractivity contribution in [1.29, 1.82) is 0 Å². The quantitative estimate of drug-likeness (QED) is 0.661. The van der Waals surface area contributed by atoms with Gasteiger partial charge in [0, 0.05) is 6.99 Å². The second-order valence-corrected chi connectivity index (χ2v) is 4.00. The van der Waals surface area contributed by atoms with Crippen molar-refractivity contribution in [2.45, 2.75) is 12.7 Å². The summed E-state index contributed by atoms with van der Waals surface area (Å²) in [4.78, 5) is 0. The van der Waals surface area contributed by atoms with Gasteiger partial charge in [0.2, 0.25) is 0 Å². The van der Waals surface area contributed by atoms with Gasteiger partial charge in [0.25, 0.3) is 0 Å². The molecule has 0 bridgehead atoms. The van der Waals surface area contributed by atoms with E-state index in [0.717, 1.165) is 0 Å². The summed E-state index contributed by atoms with van der Waals surface area (Å²) >= 11 is 0. The standard InChI is InChI=1S/C8H8FNOS.H2/c1-5-2-3-7-6(8(5)9)4-12(11)10-7;/h2-3,10H,4H2,1H3;1H. The van der Waals surface area contributed by atoms with Crippen molar-refractivity contribution in [3.8, 4) is 0 Å². The van der Waals surface area contributed by atoms with Crippen LogP contribution in [0.5, 0.6) is 0 Å². The molecule has 1 aromatic carbocycles. The molecule has 2 nitrogen and oxygen atoms in total. The zero-order valence-corrected chi connectivity index (χ0v) is 7.37. The first kappa shape index (κ1) is 7.73. The molecule has 0 aliphatic carbocycles. The number of anilines is 1. The van der Waals surface area contributed by atoms with Gasteiger partial charge in [-0.1, -0.05) is 6.07 Å². The third kappa shape index (κ3) is 1.03. The molecule has 4 heteroatoms. The van der Waals surface area contributed by atoms with Gasteiger partial charge in [0.05, 0.1) is 11.4 Å². The molecule has 0 fully saturated rings. The number of nitrogens with one attached hydrogen (secondary N) is 1. The van der Waals surface area contributed by atoms with Crippen molar-refractivity contribution in [1.82, 2.24) is 0 Å². The predicted octanol–water partition coefficient (Wildman–Crippen LogP) is 1.97. The molecule has 66 valence electrons. The molecule has 0 spiro atoms. The topological polar surface area (TPSA) is 29.1 Å². The Morgan fingerprint density at radius 1 is 1.67 bits per heavy atom. The van der Waals surface area contributed by atoms with Gasteiger partial charge in [-0.25, -0.2) is 8.60 Å². The summed E-state index contributed by atoms with van der Waals surface area (Å²) in [6, 6.07) is 3.45. The summed E-state index contributed by atoms with van der Waals surface area (Å²) in [6.45, 7) is 1.71. The first-order chi connectivity index (χ1) is 5.68. The van der Waals surface area contributed by atoms with Crippen LogP contribution in [0.2, 0.25) is 0 Å². The van der Waals surface area contributed by atoms with Crippen LogP contribution >= 0.6 is 0 Å². The third-order valence-electron chi connectivity index (χ3n) is 1.94. The molecule has 1 N–H and O–H groups in total. The van der Waals surface area contributed by atoms with E-state index in [1.165, 1.54) is 0 Å². The van der Waals surface area contributed by atoms with E-state index in [-0.39, 0.29) is 13.0 Å². The van der Waals surface area contributed by atoms with Crippen LogP contribution in [0.25, 0.3) is 0 Å². The highest BCUT2D eigenvalue weighted by Gasteiger charge is 2.20. The molecule has 0 saturated heterocycles. The molecule has 2 rings (SSSR count). The largest absolute Gasteiger partial charge is 0.304 e. The maximum absolute atomic E-state index is 13.3. The monoisotopic (exact) mass is 187 g/mol. The molecule has 1 heterocycles. The van der Waals surface area contributed by atoms with Crippen LogP contribution in [0, 0.1) is 12.7 Å². The molecule has 1 aliphatic rings. The van der Waals surface area contributed by atoms with Crippen molar-refractivity contribution in [2.75, 3.05) is 4.72 Å². The summed E-state index contributed by atoms with van der Waals surface area (Å²) < 4.78 is 27.0. The van der Waals surface area contributed by atoms with Crippen molar-refractivity contribution in [3.05, 3.63) is 29.1 Å². The van der Waals surface area contributed by atoms with E-state index in [2.05, 4.69) is 4.72 Å². The SMILES string of the molecule is Cc1ccc2c(c1F)CS(=O)N2.[HH]. The highest BCUT2D eigenvalue weighted by atomic mass is 32.2. The third-order valence-corrected chi connectivity index (χ3v) is 2.93. The number of benzene rings is 1. The van der Waals surface area contributed by atoms with Crippen LogP contribution in [0.15, 0.2) is 12.1 Å². The Morgan fingerprint density at radius 3 is 3.17 bits per heavy atom. The van der Waals surface area contributed by atoms with Crippen molar-refractivity contribution >= 4 is 16.7 Å². The van der Waals surface area contributed by atoms with Crippen LogP contribution in [0.3, 0.4) is 0 Å². The second-order valence-electron chi connectivity index (χ2n) is 2.81. The van der Waals surface area contributed by atoms with Crippen LogP contribution < -0.4 is 4.72 Å². The Morgan fingerprint density at radius 2 is 2.42 bits per heavy atom. The number of hydrogen-bond acceptors (Lipinski definition) is 1. The smallest absolute Gasteiger partial charge is 0.132 e. The highest BCUT2D eigenvalue weighted by Crippen LogP contribution is 2.28. The first-order valence-corrected chi connectivity index (χ1v) is 4.93. The summed E-state index contributed by atoms with van der Waals surface area (Å²) in [6.07, 6.45) is 0. The maximum Gasteiger partial charge on any atom is 0.132 e. The van der Waals surface area contributed by atoms with Gasteiger partial charge in [-0.2, -0.15) is 0 Å². The lowest BCUT2D eigenvalue weighted by Gasteiger charge is -2.00. The van der Waals surface area contributed by atoms with E-state index in [9.17, 15) is 8.60 Å². The lowest BCUT2D eigenvalue weighted by molar-refractivity contribution is 0.609. The predicted molar refractivity (Wildman–Crippen MR) is 48.7 cm³/mol. The zero-order valence-electron chi connectivity index (χ0n) is 6.56. The minimum Gasteiger partial charge on any atom is -0.304 e. The first-order valence-electron chi connectivity index (χ1n) is 3.61. The van der Waals surface area contributed by atoms with Gasteiger partial charge in [-0.05, 0) is 18.6 Å². The Bertz CT molecular complexity index is 369. The molecule has 1 atom stereocenters. The zero-order chi connectivity index (χ0) is 8.72. The van der Waals surface area contributed by atoms with E-state index in [1.54, 1.807) is 19.1 Å². The molecule has 0 aromatic heterocycles. The Kier molecular flexibility index (Phi) is 1.65. The maximum atomic E-state index is 13.3. The van der Waals surface area contributed by atoms with Crippen LogP contribution in [0.1, 0.15) is 12.6 Å². The van der Waals surface area contributed by atoms with Gasteiger partial charge < -0.3 is 4.72 Å². The molecule has 12 heavy (non-hydrogen) atoms. The molecular weight excluding hydrogens is 177 g/mol. The van der Waals surface area contributed by atoms with E-state index in [1.807, 2.05) is 0 Å². The van der Waals surface area contributed by atoms with E-state index < -0.39 is 11.0 Å². The number of fused-ring (bicyclic) bond motifs is 1. The molecule has 0 radical (unpaired) electrons. The fourth-order valence-corrected chi connectivity index (χ4v) is 2.32. The Balaban J connectivity index is 0.000000845. The minimum absolute atomic E-state index is 0. The normalized spacial score (nSPS) is 20.3. The summed E-state index contributed by atoms with van der Waals surface area (Å²) in [5, 5.41) is 0. The van der Waals surface area contributed by atoms with Gasteiger partial charge in [0.1, 0.15) is 16.8 Å². The molecule has 1 aliphatic heterocycles.